The van der Waals surface area contributed by atoms with E-state index in [1.165, 1.54) is 0 Å². The molecule has 110 valence electrons. The molecule has 20 heavy (non-hydrogen) atoms. The van der Waals surface area contributed by atoms with Crippen LogP contribution in [0, 0.1) is 11.8 Å². The van der Waals surface area contributed by atoms with Crippen molar-refractivity contribution in [1.82, 2.24) is 4.90 Å². The average Bonchev–Trinajstić information content (AvgIpc) is 2.49. The molecule has 0 atom stereocenters. The van der Waals surface area contributed by atoms with Crippen molar-refractivity contribution in [1.29, 1.82) is 0 Å². The number of ether oxygens (including phenoxy) is 1. The van der Waals surface area contributed by atoms with Crippen molar-refractivity contribution >= 4 is 0 Å². The summed E-state index contributed by atoms with van der Waals surface area (Å²) in [6.07, 6.45) is 0.808. The van der Waals surface area contributed by atoms with Gasteiger partial charge in [-0.25, -0.2) is 0 Å². The predicted octanol–water partition coefficient (Wildman–Crippen LogP) is 1.08. The first-order chi connectivity index (χ1) is 9.80. The first-order valence-corrected chi connectivity index (χ1v) is 7.05. The van der Waals surface area contributed by atoms with E-state index in [0.717, 1.165) is 37.4 Å². The molecule has 0 aliphatic rings. The molecule has 0 aliphatic carbocycles. The molecule has 0 bridgehead atoms. The minimum absolute atomic E-state index is 0.239. The predicted molar refractivity (Wildman–Crippen MR) is 81.7 cm³/mol. The fraction of sp³-hybridized carbons (Fsp3) is 0.500. The number of rotatable bonds is 8. The van der Waals surface area contributed by atoms with Gasteiger partial charge in [0.1, 0.15) is 12.4 Å². The molecule has 0 radical (unpaired) electrons. The Kier molecular flexibility index (Phi) is 8.48. The van der Waals surface area contributed by atoms with Crippen LogP contribution < -0.4 is 10.5 Å². The van der Waals surface area contributed by atoms with Crippen LogP contribution in [0.4, 0.5) is 0 Å². The second kappa shape index (κ2) is 10.3. The van der Waals surface area contributed by atoms with Gasteiger partial charge in [-0.05, 0) is 37.2 Å². The molecule has 0 saturated heterocycles. The van der Waals surface area contributed by atoms with Crippen LogP contribution in [-0.2, 0) is 0 Å². The second-order valence-electron chi connectivity index (χ2n) is 4.39. The summed E-state index contributed by atoms with van der Waals surface area (Å²) in [5.41, 5.74) is 6.27. The van der Waals surface area contributed by atoms with E-state index in [1.807, 2.05) is 24.3 Å². The maximum Gasteiger partial charge on any atom is 0.119 e. The molecule has 0 amide bonds. The van der Waals surface area contributed by atoms with Gasteiger partial charge in [-0.15, -0.1) is 0 Å². The normalized spacial score (nSPS) is 10.2. The van der Waals surface area contributed by atoms with Gasteiger partial charge in [-0.3, -0.25) is 0 Å². The van der Waals surface area contributed by atoms with Gasteiger partial charge in [0, 0.05) is 25.3 Å². The zero-order valence-electron chi connectivity index (χ0n) is 12.1. The third kappa shape index (κ3) is 6.58. The number of aliphatic hydroxyl groups excluding tert-OH is 1. The van der Waals surface area contributed by atoms with Crippen molar-refractivity contribution in [2.45, 2.75) is 13.3 Å². The third-order valence-electron chi connectivity index (χ3n) is 2.95. The largest absolute Gasteiger partial charge is 0.492 e. The van der Waals surface area contributed by atoms with Crippen molar-refractivity contribution < 1.29 is 9.84 Å². The van der Waals surface area contributed by atoms with E-state index in [-0.39, 0.29) is 6.61 Å². The number of aliphatic hydroxyl groups is 1. The zero-order chi connectivity index (χ0) is 14.6. The second-order valence-corrected chi connectivity index (χ2v) is 4.39. The molecule has 1 aromatic carbocycles. The Labute approximate surface area is 121 Å². The maximum absolute atomic E-state index is 8.82. The van der Waals surface area contributed by atoms with Crippen molar-refractivity contribution in [2.24, 2.45) is 5.73 Å². The van der Waals surface area contributed by atoms with E-state index >= 15 is 0 Å². The highest BCUT2D eigenvalue weighted by Crippen LogP contribution is 2.11. The number of likely N-dealkylation sites (N-methyl/N-ethyl adjacent to an activating group) is 1. The molecule has 0 spiro atoms. The monoisotopic (exact) mass is 276 g/mol. The van der Waals surface area contributed by atoms with Gasteiger partial charge in [0.05, 0.1) is 6.54 Å². The van der Waals surface area contributed by atoms with E-state index < -0.39 is 0 Å². The minimum atomic E-state index is 0.239. The van der Waals surface area contributed by atoms with Gasteiger partial charge < -0.3 is 20.5 Å². The van der Waals surface area contributed by atoms with E-state index in [1.54, 1.807) is 0 Å². The molecule has 1 aromatic rings. The molecule has 0 fully saturated rings. The number of benzene rings is 1. The Balaban J connectivity index is 2.34. The van der Waals surface area contributed by atoms with E-state index in [0.29, 0.717) is 13.2 Å². The van der Waals surface area contributed by atoms with Crippen LogP contribution in [0.5, 0.6) is 5.75 Å². The Hall–Kier alpha value is -1.54. The lowest BCUT2D eigenvalue weighted by Gasteiger charge is -2.19. The average molecular weight is 276 g/mol. The SMILES string of the molecule is CCN(CCCO)CCOc1ccc(C#CCN)cc1. The summed E-state index contributed by atoms with van der Waals surface area (Å²) in [5.74, 6) is 6.64. The van der Waals surface area contributed by atoms with E-state index in [4.69, 9.17) is 15.6 Å². The summed E-state index contributed by atoms with van der Waals surface area (Å²) in [6, 6.07) is 7.71. The smallest absolute Gasteiger partial charge is 0.119 e. The Morgan fingerprint density at radius 2 is 2.00 bits per heavy atom. The van der Waals surface area contributed by atoms with Gasteiger partial charge in [0.25, 0.3) is 0 Å². The van der Waals surface area contributed by atoms with Gasteiger partial charge in [-0.1, -0.05) is 18.8 Å². The van der Waals surface area contributed by atoms with Crippen LogP contribution in [0.1, 0.15) is 18.9 Å². The lowest BCUT2D eigenvalue weighted by molar-refractivity contribution is 0.195. The Morgan fingerprint density at radius 3 is 2.60 bits per heavy atom. The maximum atomic E-state index is 8.82. The molecule has 0 unspecified atom stereocenters. The number of nitrogens with two attached hydrogens (primary N) is 1. The van der Waals surface area contributed by atoms with E-state index in [9.17, 15) is 0 Å². The molecule has 4 heteroatoms. The third-order valence-corrected chi connectivity index (χ3v) is 2.95. The van der Waals surface area contributed by atoms with Crippen LogP contribution in [0.15, 0.2) is 24.3 Å². The fourth-order valence-electron chi connectivity index (χ4n) is 1.80. The van der Waals surface area contributed by atoms with Crippen LogP contribution in [0.2, 0.25) is 0 Å². The van der Waals surface area contributed by atoms with Gasteiger partial charge in [0.2, 0.25) is 0 Å². The first kappa shape index (κ1) is 16.5. The number of hydrogen-bond donors (Lipinski definition) is 2. The van der Waals surface area contributed by atoms with Crippen molar-refractivity contribution in [3.8, 4) is 17.6 Å². The Bertz CT molecular complexity index is 420. The number of hydrogen-bond acceptors (Lipinski definition) is 4. The summed E-state index contributed by atoms with van der Waals surface area (Å²) in [6.45, 7) is 6.11. The summed E-state index contributed by atoms with van der Waals surface area (Å²) < 4.78 is 5.70. The fourth-order valence-corrected chi connectivity index (χ4v) is 1.80. The summed E-state index contributed by atoms with van der Waals surface area (Å²) in [5, 5.41) is 8.82. The molecular formula is C16H24N2O2. The van der Waals surface area contributed by atoms with Crippen molar-refractivity contribution in [2.75, 3.05) is 39.4 Å². The molecule has 3 N–H and O–H groups in total. The Morgan fingerprint density at radius 1 is 1.25 bits per heavy atom. The van der Waals surface area contributed by atoms with E-state index in [2.05, 4.69) is 23.7 Å². The molecule has 4 nitrogen and oxygen atoms in total. The zero-order valence-corrected chi connectivity index (χ0v) is 12.1. The molecule has 1 rings (SSSR count). The molecule has 0 heterocycles. The summed E-state index contributed by atoms with van der Waals surface area (Å²) >= 11 is 0. The molecule has 0 aliphatic heterocycles. The lowest BCUT2D eigenvalue weighted by Crippen LogP contribution is -2.29. The number of nitrogens with zero attached hydrogens (tertiary/aromatic N) is 1. The van der Waals surface area contributed by atoms with Gasteiger partial charge in [0.15, 0.2) is 0 Å². The van der Waals surface area contributed by atoms with Gasteiger partial charge in [-0.2, -0.15) is 0 Å². The van der Waals surface area contributed by atoms with Crippen LogP contribution in [0.25, 0.3) is 0 Å². The first-order valence-electron chi connectivity index (χ1n) is 7.05. The topological polar surface area (TPSA) is 58.7 Å². The molecule has 0 saturated carbocycles. The highest BCUT2D eigenvalue weighted by Gasteiger charge is 2.02. The van der Waals surface area contributed by atoms with Crippen LogP contribution in [0.3, 0.4) is 0 Å². The van der Waals surface area contributed by atoms with Crippen molar-refractivity contribution in [3.05, 3.63) is 29.8 Å². The highest BCUT2D eigenvalue weighted by atomic mass is 16.5. The molecule has 0 aromatic heterocycles. The standard InChI is InChI=1S/C16H24N2O2/c1-2-18(11-4-13-19)12-14-20-16-8-6-15(7-9-16)5-3-10-17/h6-9,19H,2,4,10-14,17H2,1H3. The summed E-state index contributed by atoms with van der Waals surface area (Å²) in [4.78, 5) is 2.26. The quantitative estimate of drug-likeness (QED) is 0.698. The lowest BCUT2D eigenvalue weighted by atomic mass is 10.2. The minimum Gasteiger partial charge on any atom is -0.492 e. The highest BCUT2D eigenvalue weighted by molar-refractivity contribution is 5.38. The van der Waals surface area contributed by atoms with Crippen LogP contribution in [-0.4, -0.2) is 49.4 Å². The molecular weight excluding hydrogens is 252 g/mol. The van der Waals surface area contributed by atoms with Crippen molar-refractivity contribution in [3.63, 3.8) is 0 Å². The van der Waals surface area contributed by atoms with Gasteiger partial charge >= 0.3 is 0 Å². The van der Waals surface area contributed by atoms with Crippen LogP contribution >= 0.6 is 0 Å². The summed E-state index contributed by atoms with van der Waals surface area (Å²) in [7, 11) is 0.